The molecule has 0 radical (unpaired) electrons. The fraction of sp³-hybridized carbons (Fsp3) is 0.143. The molecule has 4 heteroatoms. The molecular formula is C21H20N2O2. The summed E-state index contributed by atoms with van der Waals surface area (Å²) in [4.78, 5) is 12.3. The van der Waals surface area contributed by atoms with Crippen LogP contribution in [0.2, 0.25) is 0 Å². The van der Waals surface area contributed by atoms with Gasteiger partial charge in [-0.25, -0.2) is 0 Å². The summed E-state index contributed by atoms with van der Waals surface area (Å²) in [6.07, 6.45) is 4.15. The number of nitrogens with one attached hydrogen (secondary N) is 1. The molecule has 0 aliphatic carbocycles. The van der Waals surface area contributed by atoms with Crippen molar-refractivity contribution in [2.24, 2.45) is 0 Å². The van der Waals surface area contributed by atoms with Crippen LogP contribution < -0.4 is 10.1 Å². The number of hydrogen-bond acceptors (Lipinski definition) is 3. The maximum atomic E-state index is 12.3. The number of aryl methyl sites for hydroxylation is 1. The number of nitrogens with zero attached hydrogens (tertiary/aromatic N) is 1. The molecule has 0 fully saturated rings. The predicted molar refractivity (Wildman–Crippen MR) is 100 cm³/mol. The first-order valence-corrected chi connectivity index (χ1v) is 8.02. The summed E-state index contributed by atoms with van der Waals surface area (Å²) in [5.74, 6) is 0.273. The standard InChI is InChI=1S/C21H20N2O2/c1-3-13-25-20-11-7-17(8-12-20)14-18(15-22)21(24)23-19-9-5-16(4-2)6-10-19/h3,5-12,14H,1,4,13H2,2H3,(H,23,24)/b18-14+. The van der Waals surface area contributed by atoms with Gasteiger partial charge in [0, 0.05) is 5.69 Å². The molecule has 1 N–H and O–H groups in total. The Bertz CT molecular complexity index is 797. The summed E-state index contributed by atoms with van der Waals surface area (Å²) in [6.45, 7) is 6.09. The molecule has 2 aromatic rings. The Hall–Kier alpha value is -3.32. The lowest BCUT2D eigenvalue weighted by molar-refractivity contribution is -0.112. The molecule has 2 rings (SSSR count). The van der Waals surface area contributed by atoms with E-state index in [2.05, 4.69) is 18.8 Å². The van der Waals surface area contributed by atoms with Crippen molar-refractivity contribution in [2.45, 2.75) is 13.3 Å². The SMILES string of the molecule is C=CCOc1ccc(/C=C(\C#N)C(=O)Nc2ccc(CC)cc2)cc1. The van der Waals surface area contributed by atoms with Gasteiger partial charge in [-0.1, -0.05) is 43.8 Å². The van der Waals surface area contributed by atoms with E-state index in [0.29, 0.717) is 18.0 Å². The third-order valence-corrected chi connectivity index (χ3v) is 3.54. The van der Waals surface area contributed by atoms with Gasteiger partial charge in [0.15, 0.2) is 0 Å². The Morgan fingerprint density at radius 1 is 1.20 bits per heavy atom. The number of benzene rings is 2. The number of amides is 1. The molecule has 0 unspecified atom stereocenters. The second kappa shape index (κ2) is 9.09. The Labute approximate surface area is 148 Å². The Morgan fingerprint density at radius 3 is 2.44 bits per heavy atom. The molecule has 4 nitrogen and oxygen atoms in total. The topological polar surface area (TPSA) is 62.1 Å². The molecule has 0 saturated carbocycles. The van der Waals surface area contributed by atoms with Gasteiger partial charge in [-0.2, -0.15) is 5.26 Å². The van der Waals surface area contributed by atoms with Gasteiger partial charge in [-0.15, -0.1) is 0 Å². The molecule has 1 amide bonds. The normalized spacial score (nSPS) is 10.6. The molecule has 126 valence electrons. The van der Waals surface area contributed by atoms with E-state index in [1.165, 1.54) is 5.56 Å². The second-order valence-corrected chi connectivity index (χ2v) is 5.34. The summed E-state index contributed by atoms with van der Waals surface area (Å²) >= 11 is 0. The maximum Gasteiger partial charge on any atom is 0.266 e. The Morgan fingerprint density at radius 2 is 1.88 bits per heavy atom. The van der Waals surface area contributed by atoms with Crippen molar-refractivity contribution >= 4 is 17.7 Å². The molecule has 0 bridgehead atoms. The van der Waals surface area contributed by atoms with Crippen LogP contribution in [-0.4, -0.2) is 12.5 Å². The minimum atomic E-state index is -0.432. The fourth-order valence-electron chi connectivity index (χ4n) is 2.15. The molecule has 0 atom stereocenters. The summed E-state index contributed by atoms with van der Waals surface area (Å²) in [5.41, 5.74) is 2.64. The largest absolute Gasteiger partial charge is 0.490 e. The van der Waals surface area contributed by atoms with E-state index in [1.807, 2.05) is 30.3 Å². The van der Waals surface area contributed by atoms with Crippen molar-refractivity contribution in [1.29, 1.82) is 5.26 Å². The highest BCUT2D eigenvalue weighted by Crippen LogP contribution is 2.16. The van der Waals surface area contributed by atoms with Crippen molar-refractivity contribution < 1.29 is 9.53 Å². The number of anilines is 1. The number of rotatable bonds is 7. The smallest absolute Gasteiger partial charge is 0.266 e. The van der Waals surface area contributed by atoms with E-state index in [1.54, 1.807) is 36.4 Å². The summed E-state index contributed by atoms with van der Waals surface area (Å²) < 4.78 is 5.40. The van der Waals surface area contributed by atoms with Crippen molar-refractivity contribution in [1.82, 2.24) is 0 Å². The highest BCUT2D eigenvalue weighted by atomic mass is 16.5. The molecular weight excluding hydrogens is 312 g/mol. The number of carbonyl (C=O) groups excluding carboxylic acids is 1. The van der Waals surface area contributed by atoms with Crippen LogP contribution in [0.4, 0.5) is 5.69 Å². The first kappa shape index (κ1) is 18.0. The van der Waals surface area contributed by atoms with Gasteiger partial charge in [0.05, 0.1) is 0 Å². The molecule has 0 heterocycles. The monoisotopic (exact) mass is 332 g/mol. The quantitative estimate of drug-likeness (QED) is 0.465. The third kappa shape index (κ3) is 5.36. The first-order chi connectivity index (χ1) is 12.2. The van der Waals surface area contributed by atoms with Crippen molar-refractivity contribution in [3.8, 4) is 11.8 Å². The average Bonchev–Trinajstić information content (AvgIpc) is 2.65. The summed E-state index contributed by atoms with van der Waals surface area (Å²) in [6, 6.07) is 16.7. The minimum Gasteiger partial charge on any atom is -0.490 e. The van der Waals surface area contributed by atoms with E-state index in [-0.39, 0.29) is 5.57 Å². The lowest BCUT2D eigenvalue weighted by Gasteiger charge is -2.06. The Kier molecular flexibility index (Phi) is 6.56. The van der Waals surface area contributed by atoms with Gasteiger partial charge in [-0.3, -0.25) is 4.79 Å². The van der Waals surface area contributed by atoms with Gasteiger partial charge in [0.2, 0.25) is 0 Å². The summed E-state index contributed by atoms with van der Waals surface area (Å²) in [5, 5.41) is 12.0. The van der Waals surface area contributed by atoms with Crippen LogP contribution >= 0.6 is 0 Å². The molecule has 0 aromatic heterocycles. The molecule has 25 heavy (non-hydrogen) atoms. The maximum absolute atomic E-state index is 12.3. The van der Waals surface area contributed by atoms with Crippen LogP contribution in [0.15, 0.2) is 66.8 Å². The van der Waals surface area contributed by atoms with Crippen molar-refractivity contribution in [3.63, 3.8) is 0 Å². The first-order valence-electron chi connectivity index (χ1n) is 8.02. The zero-order valence-electron chi connectivity index (χ0n) is 14.2. The number of carbonyl (C=O) groups is 1. The van der Waals surface area contributed by atoms with Crippen LogP contribution in [0.25, 0.3) is 6.08 Å². The molecule has 0 spiro atoms. The van der Waals surface area contributed by atoms with Gasteiger partial charge in [0.1, 0.15) is 24.0 Å². The minimum absolute atomic E-state index is 0.0410. The molecule has 0 saturated heterocycles. The van der Waals surface area contributed by atoms with E-state index in [4.69, 9.17) is 4.74 Å². The highest BCUT2D eigenvalue weighted by molar-refractivity contribution is 6.09. The second-order valence-electron chi connectivity index (χ2n) is 5.34. The highest BCUT2D eigenvalue weighted by Gasteiger charge is 2.09. The van der Waals surface area contributed by atoms with Crippen LogP contribution in [0.1, 0.15) is 18.1 Å². The lowest BCUT2D eigenvalue weighted by Crippen LogP contribution is -2.13. The van der Waals surface area contributed by atoms with E-state index < -0.39 is 5.91 Å². The van der Waals surface area contributed by atoms with Crippen LogP contribution in [-0.2, 0) is 11.2 Å². The third-order valence-electron chi connectivity index (χ3n) is 3.54. The van der Waals surface area contributed by atoms with Crippen molar-refractivity contribution in [2.75, 3.05) is 11.9 Å². The molecule has 0 aliphatic heterocycles. The number of nitriles is 1. The Balaban J connectivity index is 2.08. The van der Waals surface area contributed by atoms with Gasteiger partial charge in [-0.05, 0) is 47.9 Å². The summed E-state index contributed by atoms with van der Waals surface area (Å²) in [7, 11) is 0. The average molecular weight is 332 g/mol. The van der Waals surface area contributed by atoms with Gasteiger partial charge >= 0.3 is 0 Å². The van der Waals surface area contributed by atoms with Crippen LogP contribution in [0.5, 0.6) is 5.75 Å². The number of hydrogen-bond donors (Lipinski definition) is 1. The van der Waals surface area contributed by atoms with Gasteiger partial charge < -0.3 is 10.1 Å². The van der Waals surface area contributed by atoms with Crippen molar-refractivity contribution in [3.05, 3.63) is 77.9 Å². The van der Waals surface area contributed by atoms with Crippen LogP contribution in [0, 0.1) is 11.3 Å². The van der Waals surface area contributed by atoms with E-state index in [9.17, 15) is 10.1 Å². The van der Waals surface area contributed by atoms with E-state index in [0.717, 1.165) is 12.0 Å². The molecule has 2 aromatic carbocycles. The van der Waals surface area contributed by atoms with Gasteiger partial charge in [0.25, 0.3) is 5.91 Å². The molecule has 0 aliphatic rings. The van der Waals surface area contributed by atoms with Crippen LogP contribution in [0.3, 0.4) is 0 Å². The van der Waals surface area contributed by atoms with E-state index >= 15 is 0 Å². The zero-order chi connectivity index (χ0) is 18.1. The fourth-order valence-corrected chi connectivity index (χ4v) is 2.15. The zero-order valence-corrected chi connectivity index (χ0v) is 14.2. The predicted octanol–water partition coefficient (Wildman–Crippen LogP) is 4.36. The lowest BCUT2D eigenvalue weighted by atomic mass is 10.1. The number of ether oxygens (including phenoxy) is 1.